The minimum absolute atomic E-state index is 0. The van der Waals surface area contributed by atoms with Crippen LogP contribution in [0.4, 0.5) is 4.39 Å². The van der Waals surface area contributed by atoms with Gasteiger partial charge in [0.2, 0.25) is 10.0 Å². The van der Waals surface area contributed by atoms with Gasteiger partial charge in [0.05, 0.1) is 6.20 Å². The lowest BCUT2D eigenvalue weighted by molar-refractivity contribution is 0.464. The first-order valence-electron chi connectivity index (χ1n) is 4.87. The minimum Gasteiger partial charge on any atom is -0.456 e. The zero-order chi connectivity index (χ0) is 13.2. The van der Waals surface area contributed by atoms with Gasteiger partial charge in [0.1, 0.15) is 16.5 Å². The molecule has 0 aliphatic heterocycles. The Balaban J connectivity index is 0.00000180. The molecule has 0 amide bonds. The number of rotatable bonds is 3. The molecule has 0 aliphatic rings. The highest BCUT2D eigenvalue weighted by Crippen LogP contribution is 2.26. The Hall–Kier alpha value is -1.70. The summed E-state index contributed by atoms with van der Waals surface area (Å²) in [6.45, 7) is 0. The number of pyridine rings is 1. The molecule has 0 fully saturated rings. The number of sulfonamides is 1. The summed E-state index contributed by atoms with van der Waals surface area (Å²) in [4.78, 5) is 3.44. The van der Waals surface area contributed by atoms with Gasteiger partial charge in [-0.1, -0.05) is 0 Å². The van der Waals surface area contributed by atoms with Crippen molar-refractivity contribution >= 4 is 22.4 Å². The number of ether oxygens (including phenoxy) is 1. The lowest BCUT2D eigenvalue weighted by Crippen LogP contribution is -2.13. The van der Waals surface area contributed by atoms with Crippen LogP contribution < -0.4 is 9.88 Å². The summed E-state index contributed by atoms with van der Waals surface area (Å²) in [5, 5.41) is 5.03. The third-order valence-electron chi connectivity index (χ3n) is 2.09. The van der Waals surface area contributed by atoms with E-state index in [-0.39, 0.29) is 23.1 Å². The van der Waals surface area contributed by atoms with Crippen molar-refractivity contribution in [1.29, 1.82) is 0 Å². The maximum atomic E-state index is 12.7. The largest absolute Gasteiger partial charge is 0.456 e. The van der Waals surface area contributed by atoms with Gasteiger partial charge in [-0.15, -0.1) is 12.4 Å². The van der Waals surface area contributed by atoms with Crippen LogP contribution in [0.15, 0.2) is 47.6 Å². The molecule has 2 rings (SSSR count). The molecule has 0 unspecified atom stereocenters. The van der Waals surface area contributed by atoms with E-state index in [4.69, 9.17) is 9.88 Å². The molecule has 1 aromatic carbocycles. The Bertz CT molecular complexity index is 662. The van der Waals surface area contributed by atoms with Crippen molar-refractivity contribution in [3.05, 3.63) is 48.5 Å². The molecule has 0 atom stereocenters. The van der Waals surface area contributed by atoms with Crippen LogP contribution in [0.3, 0.4) is 0 Å². The van der Waals surface area contributed by atoms with Crippen LogP contribution in [-0.2, 0) is 10.0 Å². The van der Waals surface area contributed by atoms with Gasteiger partial charge in [0.15, 0.2) is 5.75 Å². The molecule has 0 saturated carbocycles. The van der Waals surface area contributed by atoms with Crippen molar-refractivity contribution < 1.29 is 17.5 Å². The van der Waals surface area contributed by atoms with E-state index in [1.54, 1.807) is 0 Å². The third kappa shape index (κ3) is 3.88. The Morgan fingerprint density at radius 1 is 1.16 bits per heavy atom. The molecule has 2 N–H and O–H groups in total. The molecule has 1 aromatic heterocycles. The van der Waals surface area contributed by atoms with Gasteiger partial charge >= 0.3 is 0 Å². The lowest BCUT2D eigenvalue weighted by Gasteiger charge is -2.08. The molecule has 19 heavy (non-hydrogen) atoms. The van der Waals surface area contributed by atoms with Crippen molar-refractivity contribution in [2.24, 2.45) is 5.14 Å². The highest BCUT2D eigenvalue weighted by Gasteiger charge is 2.15. The summed E-state index contributed by atoms with van der Waals surface area (Å²) in [6.07, 6.45) is 2.46. The zero-order valence-electron chi connectivity index (χ0n) is 9.49. The highest BCUT2D eigenvalue weighted by atomic mass is 35.5. The minimum atomic E-state index is -3.92. The Labute approximate surface area is 115 Å². The monoisotopic (exact) mass is 304 g/mol. The summed E-state index contributed by atoms with van der Waals surface area (Å²) in [5.41, 5.74) is 0. The number of nitrogens with two attached hydrogens (primary N) is 1. The van der Waals surface area contributed by atoms with Crippen molar-refractivity contribution in [1.82, 2.24) is 4.98 Å². The average molecular weight is 305 g/mol. The van der Waals surface area contributed by atoms with E-state index >= 15 is 0 Å². The molecule has 1 heterocycles. The van der Waals surface area contributed by atoms with Crippen LogP contribution in [0, 0.1) is 5.82 Å². The van der Waals surface area contributed by atoms with Gasteiger partial charge in [-0.05, 0) is 24.3 Å². The van der Waals surface area contributed by atoms with Crippen LogP contribution >= 0.6 is 12.4 Å². The van der Waals surface area contributed by atoms with E-state index in [0.717, 1.165) is 6.20 Å². The highest BCUT2D eigenvalue weighted by molar-refractivity contribution is 7.89. The number of aromatic nitrogens is 1. The Morgan fingerprint density at radius 3 is 2.37 bits per heavy atom. The smallest absolute Gasteiger partial charge is 0.243 e. The summed E-state index contributed by atoms with van der Waals surface area (Å²) < 4.78 is 40.6. The maximum Gasteiger partial charge on any atom is 0.243 e. The molecule has 5 nitrogen and oxygen atoms in total. The second kappa shape index (κ2) is 5.96. The second-order valence-corrected chi connectivity index (χ2v) is 4.95. The van der Waals surface area contributed by atoms with E-state index < -0.39 is 15.8 Å². The fourth-order valence-corrected chi connectivity index (χ4v) is 1.89. The second-order valence-electron chi connectivity index (χ2n) is 3.42. The van der Waals surface area contributed by atoms with Crippen molar-refractivity contribution in [2.45, 2.75) is 4.90 Å². The molecular weight excluding hydrogens is 295 g/mol. The van der Waals surface area contributed by atoms with Gasteiger partial charge in [0.25, 0.3) is 0 Å². The summed E-state index contributed by atoms with van der Waals surface area (Å²) in [6, 6.07) is 6.52. The fraction of sp³-hybridized carbons (Fsp3) is 0. The number of hydrogen-bond acceptors (Lipinski definition) is 4. The van der Waals surface area contributed by atoms with Crippen LogP contribution in [0.25, 0.3) is 0 Å². The summed E-state index contributed by atoms with van der Waals surface area (Å²) >= 11 is 0. The predicted molar refractivity (Wildman–Crippen MR) is 69.3 cm³/mol. The third-order valence-corrected chi connectivity index (χ3v) is 3.01. The van der Waals surface area contributed by atoms with E-state index in [1.165, 1.54) is 36.5 Å². The Kier molecular flexibility index (Phi) is 4.82. The molecular formula is C11H10ClFN2O3S. The summed E-state index contributed by atoms with van der Waals surface area (Å²) in [5.74, 6) is -0.0737. The van der Waals surface area contributed by atoms with Crippen LogP contribution in [-0.4, -0.2) is 13.4 Å². The van der Waals surface area contributed by atoms with Gasteiger partial charge in [-0.2, -0.15) is 0 Å². The lowest BCUT2D eigenvalue weighted by atomic mass is 10.3. The first kappa shape index (κ1) is 15.4. The van der Waals surface area contributed by atoms with Gasteiger partial charge in [-0.3, -0.25) is 4.98 Å². The van der Waals surface area contributed by atoms with Gasteiger partial charge in [-0.25, -0.2) is 17.9 Å². The van der Waals surface area contributed by atoms with Crippen molar-refractivity contribution in [3.8, 4) is 11.5 Å². The first-order chi connectivity index (χ1) is 8.47. The molecule has 2 aromatic rings. The molecule has 0 bridgehead atoms. The topological polar surface area (TPSA) is 82.3 Å². The number of primary sulfonamides is 1. The molecule has 0 radical (unpaired) electrons. The quantitative estimate of drug-likeness (QED) is 0.941. The first-order valence-corrected chi connectivity index (χ1v) is 6.42. The van der Waals surface area contributed by atoms with Crippen molar-refractivity contribution in [3.63, 3.8) is 0 Å². The van der Waals surface area contributed by atoms with E-state index in [2.05, 4.69) is 4.98 Å². The molecule has 8 heteroatoms. The molecule has 0 aliphatic carbocycles. The van der Waals surface area contributed by atoms with Crippen molar-refractivity contribution in [2.75, 3.05) is 0 Å². The van der Waals surface area contributed by atoms with Gasteiger partial charge < -0.3 is 4.74 Å². The maximum absolute atomic E-state index is 12.7. The van der Waals surface area contributed by atoms with Gasteiger partial charge in [0, 0.05) is 12.3 Å². The van der Waals surface area contributed by atoms with Crippen LogP contribution in [0.1, 0.15) is 0 Å². The number of nitrogens with zero attached hydrogens (tertiary/aromatic N) is 1. The standard InChI is InChI=1S/C11H9FN2O3S.ClH/c12-8-1-3-9(4-2-8)17-10-5-6-14-7-11(10)18(13,15)16;/h1-7H,(H2,13,15,16);1H. The fourth-order valence-electron chi connectivity index (χ4n) is 1.29. The number of benzene rings is 1. The van der Waals surface area contributed by atoms with E-state index in [1.807, 2.05) is 0 Å². The van der Waals surface area contributed by atoms with E-state index in [0.29, 0.717) is 5.75 Å². The summed E-state index contributed by atoms with van der Waals surface area (Å²) in [7, 11) is -3.92. The van der Waals surface area contributed by atoms with E-state index in [9.17, 15) is 12.8 Å². The predicted octanol–water partition coefficient (Wildman–Crippen LogP) is 2.08. The Morgan fingerprint density at radius 2 is 1.79 bits per heavy atom. The SMILES string of the molecule is Cl.NS(=O)(=O)c1cnccc1Oc1ccc(F)cc1. The molecule has 0 saturated heterocycles. The average Bonchev–Trinajstić information content (AvgIpc) is 2.31. The normalized spacial score (nSPS) is 10.6. The van der Waals surface area contributed by atoms with Crippen LogP contribution in [0.2, 0.25) is 0 Å². The number of halogens is 2. The van der Waals surface area contributed by atoms with Crippen LogP contribution in [0.5, 0.6) is 11.5 Å². The zero-order valence-corrected chi connectivity index (χ0v) is 11.1. The molecule has 102 valence electrons. The number of hydrogen-bond donors (Lipinski definition) is 1. The molecule has 0 spiro atoms.